The molecule has 41 heavy (non-hydrogen) atoms. The molecule has 2 heterocycles. The van der Waals surface area contributed by atoms with Crippen LogP contribution in [-0.4, -0.2) is 59.1 Å². The molecule has 1 fully saturated rings. The second-order valence-corrected chi connectivity index (χ2v) is 11.5. The molecule has 1 saturated heterocycles. The number of carboxylic acid groups (broad SMARTS) is 1. The molecule has 0 amide bonds. The Labute approximate surface area is 240 Å². The number of hydrogen-bond acceptors (Lipinski definition) is 6. The van der Waals surface area contributed by atoms with Crippen LogP contribution in [0.1, 0.15) is 50.5 Å². The summed E-state index contributed by atoms with van der Waals surface area (Å²) in [6.45, 7) is 9.71. The number of ether oxygens (including phenoxy) is 2. The molecular formula is C33H38FNO6. The lowest BCUT2D eigenvalue weighted by molar-refractivity contribution is -0.145. The fraction of sp³-hybridized carbons (Fsp3) is 0.364. The van der Waals surface area contributed by atoms with Crippen molar-refractivity contribution in [3.63, 3.8) is 0 Å². The smallest absolute Gasteiger partial charge is 0.308 e. The van der Waals surface area contributed by atoms with Crippen LogP contribution >= 0.6 is 0 Å². The molecule has 0 aromatic heterocycles. The normalized spacial score (nSPS) is 17.0. The number of aliphatic carboxylic acids is 1. The molecule has 2 aliphatic heterocycles. The molecule has 3 aromatic carbocycles. The summed E-state index contributed by atoms with van der Waals surface area (Å²) >= 11 is 0. The molecule has 0 saturated carbocycles. The first-order valence-electron chi connectivity index (χ1n) is 13.7. The van der Waals surface area contributed by atoms with E-state index >= 15 is 0 Å². The molecule has 0 aliphatic carbocycles. The highest BCUT2D eigenvalue weighted by Crippen LogP contribution is 2.47. The summed E-state index contributed by atoms with van der Waals surface area (Å²) in [6.07, 6.45) is -0.383. The lowest BCUT2D eigenvalue weighted by Crippen LogP contribution is -2.49. The molecule has 7 nitrogen and oxygen atoms in total. The molecule has 1 atom stereocenters. The van der Waals surface area contributed by atoms with Crippen LogP contribution in [0.25, 0.3) is 11.1 Å². The third-order valence-corrected chi connectivity index (χ3v) is 7.19. The molecule has 0 radical (unpaired) electrons. The van der Waals surface area contributed by atoms with Gasteiger partial charge in [0.1, 0.15) is 35.7 Å². The molecule has 0 bridgehead atoms. The van der Waals surface area contributed by atoms with Crippen LogP contribution in [0.5, 0.6) is 23.0 Å². The Morgan fingerprint density at radius 2 is 1.68 bits per heavy atom. The van der Waals surface area contributed by atoms with Crippen molar-refractivity contribution in [2.24, 2.45) is 11.3 Å². The van der Waals surface area contributed by atoms with Gasteiger partial charge >= 0.3 is 5.97 Å². The Kier molecular flexibility index (Phi) is 9.23. The van der Waals surface area contributed by atoms with E-state index in [1.54, 1.807) is 51.1 Å². The van der Waals surface area contributed by atoms with Crippen molar-refractivity contribution in [2.45, 2.75) is 33.8 Å². The van der Waals surface area contributed by atoms with Crippen LogP contribution < -0.4 is 9.47 Å². The van der Waals surface area contributed by atoms with Gasteiger partial charge in [0.2, 0.25) is 0 Å². The molecular weight excluding hydrogens is 525 g/mol. The summed E-state index contributed by atoms with van der Waals surface area (Å²) in [4.78, 5) is 12.2. The average molecular weight is 564 g/mol. The zero-order valence-corrected chi connectivity index (χ0v) is 23.9. The number of hydrogen-bond donors (Lipinski definition) is 3. The average Bonchev–Trinajstić information content (AvgIpc) is 2.90. The highest BCUT2D eigenvalue weighted by molar-refractivity contribution is 5.95. The van der Waals surface area contributed by atoms with E-state index in [1.165, 1.54) is 0 Å². The van der Waals surface area contributed by atoms with Crippen molar-refractivity contribution in [2.75, 3.05) is 32.9 Å². The molecule has 3 aromatic rings. The number of phenols is 2. The standard InChI is InChI=1S/C28H28FNO4.C5H10O2/c1-18-25-14-23(32)7-10-26(25)34-28(27(18)21-3-2-4-22(31)13-21)20-5-8-24(9-6-20)33-12-11-30-16-19(15-29)17-30;1-5(2,3)4(6)7/h2-10,13-14,19,28,31-32H,11-12,15-17H2,1H3;1-3H3,(H,6,7)/t28-;/m0./s1. The molecule has 0 spiro atoms. The second-order valence-electron chi connectivity index (χ2n) is 11.5. The van der Waals surface area contributed by atoms with E-state index in [4.69, 9.17) is 14.6 Å². The Morgan fingerprint density at radius 3 is 2.29 bits per heavy atom. The van der Waals surface area contributed by atoms with Gasteiger partial charge in [0, 0.05) is 36.7 Å². The van der Waals surface area contributed by atoms with Crippen LogP contribution in [0, 0.1) is 11.3 Å². The van der Waals surface area contributed by atoms with Gasteiger partial charge in [0.15, 0.2) is 0 Å². The SMILES string of the molecule is CC(C)(C)C(=O)O.CC1=C(c2cccc(O)c2)[C@H](c2ccc(OCCN3CC(CF)C3)cc2)Oc2ccc(O)cc21. The zero-order chi connectivity index (χ0) is 29.7. The number of alkyl halides is 1. The van der Waals surface area contributed by atoms with Crippen molar-refractivity contribution in [1.82, 2.24) is 4.90 Å². The highest BCUT2D eigenvalue weighted by atomic mass is 19.1. The van der Waals surface area contributed by atoms with Gasteiger partial charge in [-0.25, -0.2) is 0 Å². The summed E-state index contributed by atoms with van der Waals surface area (Å²) in [6, 6.07) is 20.1. The van der Waals surface area contributed by atoms with Gasteiger partial charge in [-0.15, -0.1) is 0 Å². The third kappa shape index (κ3) is 7.38. The second kappa shape index (κ2) is 12.6. The van der Waals surface area contributed by atoms with E-state index in [2.05, 4.69) is 4.90 Å². The maximum absolute atomic E-state index is 12.6. The number of carboxylic acids is 1. The van der Waals surface area contributed by atoms with E-state index in [1.807, 2.05) is 43.3 Å². The first kappa shape index (κ1) is 29.9. The molecule has 2 aliphatic rings. The molecule has 0 unspecified atom stereocenters. The lowest BCUT2D eigenvalue weighted by Gasteiger charge is -2.37. The summed E-state index contributed by atoms with van der Waals surface area (Å²) in [5.41, 5.74) is 3.97. The van der Waals surface area contributed by atoms with Crippen molar-refractivity contribution in [1.29, 1.82) is 0 Å². The van der Waals surface area contributed by atoms with Crippen molar-refractivity contribution in [3.8, 4) is 23.0 Å². The summed E-state index contributed by atoms with van der Waals surface area (Å²) < 4.78 is 24.9. The lowest BCUT2D eigenvalue weighted by atomic mass is 9.86. The van der Waals surface area contributed by atoms with Crippen LogP contribution in [0.2, 0.25) is 0 Å². The van der Waals surface area contributed by atoms with Crippen LogP contribution in [0.4, 0.5) is 4.39 Å². The number of benzene rings is 3. The first-order chi connectivity index (χ1) is 19.5. The minimum absolute atomic E-state index is 0.176. The van der Waals surface area contributed by atoms with Crippen LogP contribution in [0.3, 0.4) is 0 Å². The van der Waals surface area contributed by atoms with Crippen molar-refractivity contribution >= 4 is 17.1 Å². The Bertz CT molecular complexity index is 1390. The number of fused-ring (bicyclic) bond motifs is 1. The summed E-state index contributed by atoms with van der Waals surface area (Å²) in [5, 5.41) is 28.4. The Balaban J connectivity index is 0.000000493. The number of nitrogens with zero attached hydrogens (tertiary/aromatic N) is 1. The van der Waals surface area contributed by atoms with Crippen LogP contribution in [0.15, 0.2) is 66.7 Å². The Morgan fingerprint density at radius 1 is 1.02 bits per heavy atom. The highest BCUT2D eigenvalue weighted by Gasteiger charge is 2.30. The van der Waals surface area contributed by atoms with E-state index in [0.717, 1.165) is 53.2 Å². The molecule has 5 rings (SSSR count). The quantitative estimate of drug-likeness (QED) is 0.299. The number of allylic oxidation sites excluding steroid dienone is 1. The largest absolute Gasteiger partial charge is 0.508 e. The Hall–Kier alpha value is -4.04. The number of phenolic OH excluding ortho intramolecular Hbond substituents is 2. The van der Waals surface area contributed by atoms with Crippen LogP contribution in [-0.2, 0) is 4.79 Å². The minimum atomic E-state index is -0.757. The zero-order valence-electron chi connectivity index (χ0n) is 23.9. The minimum Gasteiger partial charge on any atom is -0.508 e. The number of likely N-dealkylation sites (tertiary alicyclic amines) is 1. The van der Waals surface area contributed by atoms with Gasteiger partial charge in [-0.2, -0.15) is 0 Å². The third-order valence-electron chi connectivity index (χ3n) is 7.19. The van der Waals surface area contributed by atoms with Crippen molar-refractivity contribution < 1.29 is 34.0 Å². The number of carbonyl (C=O) groups is 1. The van der Waals surface area contributed by atoms with E-state index < -0.39 is 11.4 Å². The number of rotatable bonds is 7. The van der Waals surface area contributed by atoms with E-state index in [0.29, 0.717) is 12.4 Å². The predicted molar refractivity (Wildman–Crippen MR) is 157 cm³/mol. The predicted octanol–water partition coefficient (Wildman–Crippen LogP) is 6.56. The number of halogens is 1. The topological polar surface area (TPSA) is 99.5 Å². The fourth-order valence-corrected chi connectivity index (χ4v) is 4.71. The molecule has 8 heteroatoms. The maximum Gasteiger partial charge on any atom is 0.308 e. The fourth-order valence-electron chi connectivity index (χ4n) is 4.71. The summed E-state index contributed by atoms with van der Waals surface area (Å²) in [7, 11) is 0. The molecule has 3 N–H and O–H groups in total. The van der Waals surface area contributed by atoms with Gasteiger partial charge < -0.3 is 24.8 Å². The maximum atomic E-state index is 12.6. The molecule has 218 valence electrons. The van der Waals surface area contributed by atoms with E-state index in [9.17, 15) is 19.4 Å². The van der Waals surface area contributed by atoms with E-state index in [-0.39, 0.29) is 30.2 Å². The van der Waals surface area contributed by atoms with Gasteiger partial charge in [0.05, 0.1) is 12.1 Å². The van der Waals surface area contributed by atoms with Crippen molar-refractivity contribution in [3.05, 3.63) is 83.4 Å². The number of aromatic hydroxyl groups is 2. The van der Waals surface area contributed by atoms with Gasteiger partial charge in [0.25, 0.3) is 0 Å². The first-order valence-corrected chi connectivity index (χ1v) is 13.7. The van der Waals surface area contributed by atoms with Gasteiger partial charge in [-0.05, 0) is 86.9 Å². The van der Waals surface area contributed by atoms with Gasteiger partial charge in [-0.1, -0.05) is 24.3 Å². The summed E-state index contributed by atoms with van der Waals surface area (Å²) in [5.74, 6) is 1.25. The van der Waals surface area contributed by atoms with Gasteiger partial charge in [-0.3, -0.25) is 14.1 Å². The monoisotopic (exact) mass is 563 g/mol.